The van der Waals surface area contributed by atoms with Gasteiger partial charge in [-0.15, -0.1) is 0 Å². The summed E-state index contributed by atoms with van der Waals surface area (Å²) >= 11 is 0. The zero-order valence-electron chi connectivity index (χ0n) is 19.5. The van der Waals surface area contributed by atoms with Gasteiger partial charge in [0.25, 0.3) is 0 Å². The number of carboxylic acids is 1. The van der Waals surface area contributed by atoms with Crippen LogP contribution in [0.1, 0.15) is 73.1 Å². The van der Waals surface area contributed by atoms with Gasteiger partial charge in [-0.3, -0.25) is 14.4 Å². The van der Waals surface area contributed by atoms with Gasteiger partial charge >= 0.3 is 5.97 Å². The van der Waals surface area contributed by atoms with Crippen LogP contribution in [0.5, 0.6) is 0 Å². The fraction of sp³-hybridized carbons (Fsp3) is 0.818. The van der Waals surface area contributed by atoms with Gasteiger partial charge in [0.1, 0.15) is 18.1 Å². The number of nitrogens with one attached hydrogen (secondary N) is 2. The Morgan fingerprint density at radius 1 is 1.10 bits per heavy atom. The number of hydrogen-bond donors (Lipinski definition) is 4. The number of carbonyl (C=O) groups is 4. The van der Waals surface area contributed by atoms with Crippen LogP contribution in [0.3, 0.4) is 0 Å². The first kappa shape index (κ1) is 26.9. The predicted molar refractivity (Wildman–Crippen MR) is 118 cm³/mol. The molecule has 0 aromatic carbocycles. The Bertz CT molecular complexity index is 637. The van der Waals surface area contributed by atoms with Crippen molar-refractivity contribution in [2.45, 2.75) is 97.3 Å². The van der Waals surface area contributed by atoms with E-state index in [-0.39, 0.29) is 17.7 Å². The van der Waals surface area contributed by atoms with Gasteiger partial charge in [-0.25, -0.2) is 4.79 Å². The first-order valence-corrected chi connectivity index (χ1v) is 11.4. The van der Waals surface area contributed by atoms with E-state index in [9.17, 15) is 24.3 Å². The second kappa shape index (κ2) is 12.6. The summed E-state index contributed by atoms with van der Waals surface area (Å²) in [6, 6.07) is -3.21. The highest BCUT2D eigenvalue weighted by Gasteiger charge is 2.38. The number of nitrogens with zero attached hydrogens (tertiary/aromatic N) is 1. The second-order valence-electron chi connectivity index (χ2n) is 9.19. The molecule has 0 spiro atoms. The Morgan fingerprint density at radius 3 is 2.26 bits per heavy atom. The molecule has 31 heavy (non-hydrogen) atoms. The molecule has 1 aliphatic heterocycles. The summed E-state index contributed by atoms with van der Waals surface area (Å²) < 4.78 is 0. The molecule has 9 nitrogen and oxygen atoms in total. The number of carbonyl (C=O) groups excluding carboxylic acids is 3. The van der Waals surface area contributed by atoms with Crippen LogP contribution in [0.2, 0.25) is 0 Å². The zero-order chi connectivity index (χ0) is 23.7. The molecular formula is C22H40N4O5. The van der Waals surface area contributed by atoms with Crippen LogP contribution in [-0.2, 0) is 19.2 Å². The van der Waals surface area contributed by atoms with Gasteiger partial charge in [-0.2, -0.15) is 0 Å². The molecule has 0 aliphatic carbocycles. The Balaban J connectivity index is 2.90. The third-order valence-corrected chi connectivity index (χ3v) is 5.64. The van der Waals surface area contributed by atoms with Crippen LogP contribution in [0.4, 0.5) is 0 Å². The standard InChI is InChI=1S/C22H40N4O5/c1-6-7-9-15(19(27)25-16(22(30)31)12-13(2)3)24-20(28)17-10-8-11-26(17)21(29)18(23)14(4)5/h13-18H,6-12,23H2,1-5H3,(H,24,28)(H,25,27)(H,30,31)/t15-,16-,17-,18-/m0/s1. The van der Waals surface area contributed by atoms with Crippen molar-refractivity contribution in [2.24, 2.45) is 17.6 Å². The number of nitrogens with two attached hydrogens (primary N) is 1. The van der Waals surface area contributed by atoms with E-state index in [4.69, 9.17) is 5.73 Å². The molecule has 0 radical (unpaired) electrons. The molecule has 1 fully saturated rings. The van der Waals surface area contributed by atoms with Gasteiger partial charge in [0.2, 0.25) is 17.7 Å². The summed E-state index contributed by atoms with van der Waals surface area (Å²) in [5, 5.41) is 14.7. The zero-order valence-corrected chi connectivity index (χ0v) is 19.5. The number of carboxylic acid groups (broad SMARTS) is 1. The number of amides is 3. The lowest BCUT2D eigenvalue weighted by molar-refractivity contribution is -0.143. The lowest BCUT2D eigenvalue weighted by Gasteiger charge is -2.29. The molecule has 178 valence electrons. The minimum absolute atomic E-state index is 0.0474. The molecule has 1 saturated heterocycles. The molecule has 0 aromatic rings. The van der Waals surface area contributed by atoms with Crippen LogP contribution in [0.15, 0.2) is 0 Å². The second-order valence-corrected chi connectivity index (χ2v) is 9.19. The van der Waals surface area contributed by atoms with Crippen LogP contribution >= 0.6 is 0 Å². The summed E-state index contributed by atoms with van der Waals surface area (Å²) in [7, 11) is 0. The molecule has 0 saturated carbocycles. The van der Waals surface area contributed by atoms with Crippen molar-refractivity contribution in [3.05, 3.63) is 0 Å². The van der Waals surface area contributed by atoms with Gasteiger partial charge in [-0.05, 0) is 37.5 Å². The van der Waals surface area contributed by atoms with E-state index >= 15 is 0 Å². The quantitative estimate of drug-likeness (QED) is 0.360. The molecule has 4 atom stereocenters. The first-order chi connectivity index (χ1) is 14.5. The van der Waals surface area contributed by atoms with E-state index in [0.717, 1.165) is 6.42 Å². The molecule has 3 amide bonds. The van der Waals surface area contributed by atoms with E-state index in [2.05, 4.69) is 10.6 Å². The minimum Gasteiger partial charge on any atom is -0.480 e. The molecule has 1 heterocycles. The maximum atomic E-state index is 13.0. The van der Waals surface area contributed by atoms with Gasteiger partial charge in [-0.1, -0.05) is 47.5 Å². The average Bonchev–Trinajstić information content (AvgIpc) is 3.18. The number of rotatable bonds is 12. The Morgan fingerprint density at radius 2 is 1.74 bits per heavy atom. The third-order valence-electron chi connectivity index (χ3n) is 5.64. The smallest absolute Gasteiger partial charge is 0.326 e. The molecule has 0 aromatic heterocycles. The van der Waals surface area contributed by atoms with Crippen molar-refractivity contribution in [2.75, 3.05) is 6.54 Å². The van der Waals surface area contributed by atoms with Crippen LogP contribution in [0.25, 0.3) is 0 Å². The SMILES string of the molecule is CCCC[C@H](NC(=O)[C@@H]1CCCN1C(=O)[C@@H](N)C(C)C)C(=O)N[C@@H](CC(C)C)C(=O)O. The largest absolute Gasteiger partial charge is 0.480 e. The van der Waals surface area contributed by atoms with E-state index < -0.39 is 42.0 Å². The van der Waals surface area contributed by atoms with Crippen molar-refractivity contribution < 1.29 is 24.3 Å². The van der Waals surface area contributed by atoms with Crippen molar-refractivity contribution in [1.82, 2.24) is 15.5 Å². The van der Waals surface area contributed by atoms with E-state index in [0.29, 0.717) is 38.6 Å². The van der Waals surface area contributed by atoms with Crippen LogP contribution in [-0.4, -0.2) is 64.4 Å². The van der Waals surface area contributed by atoms with E-state index in [1.807, 2.05) is 34.6 Å². The summed E-state index contributed by atoms with van der Waals surface area (Å²) in [5.74, 6) is -2.22. The monoisotopic (exact) mass is 440 g/mol. The van der Waals surface area contributed by atoms with Crippen molar-refractivity contribution in [3.63, 3.8) is 0 Å². The van der Waals surface area contributed by atoms with E-state index in [1.54, 1.807) is 0 Å². The number of aliphatic carboxylic acids is 1. The number of hydrogen-bond acceptors (Lipinski definition) is 5. The fourth-order valence-corrected chi connectivity index (χ4v) is 3.69. The first-order valence-electron chi connectivity index (χ1n) is 11.4. The van der Waals surface area contributed by atoms with E-state index in [1.165, 1.54) is 4.90 Å². The normalized spacial score (nSPS) is 19.2. The maximum absolute atomic E-state index is 13.0. The van der Waals surface area contributed by atoms with Gasteiger partial charge < -0.3 is 26.4 Å². The maximum Gasteiger partial charge on any atom is 0.326 e. The predicted octanol–water partition coefficient (Wildman–Crippen LogP) is 1.25. The molecule has 1 rings (SSSR count). The van der Waals surface area contributed by atoms with Crippen molar-refractivity contribution in [3.8, 4) is 0 Å². The Hall–Kier alpha value is -2.16. The Kier molecular flexibility index (Phi) is 11.0. The van der Waals surface area contributed by atoms with Gasteiger partial charge in [0.05, 0.1) is 6.04 Å². The number of likely N-dealkylation sites (tertiary alicyclic amines) is 1. The van der Waals surface area contributed by atoms with Crippen LogP contribution in [0, 0.1) is 11.8 Å². The van der Waals surface area contributed by atoms with Gasteiger partial charge in [0, 0.05) is 6.54 Å². The fourth-order valence-electron chi connectivity index (χ4n) is 3.69. The topological polar surface area (TPSA) is 142 Å². The molecule has 1 aliphatic rings. The van der Waals surface area contributed by atoms with Crippen LogP contribution < -0.4 is 16.4 Å². The summed E-state index contributed by atoms with van der Waals surface area (Å²) in [6.45, 7) is 9.90. The molecule has 9 heteroatoms. The highest BCUT2D eigenvalue weighted by molar-refractivity contribution is 5.94. The summed E-state index contributed by atoms with van der Waals surface area (Å²) in [5.41, 5.74) is 6.00. The summed E-state index contributed by atoms with van der Waals surface area (Å²) in [6.07, 6.45) is 3.42. The molecule has 5 N–H and O–H groups in total. The molecular weight excluding hydrogens is 400 g/mol. The third kappa shape index (κ3) is 8.12. The number of unbranched alkanes of at least 4 members (excludes halogenated alkanes) is 1. The lowest BCUT2D eigenvalue weighted by atomic mass is 10.0. The molecule has 0 bridgehead atoms. The minimum atomic E-state index is -1.10. The van der Waals surface area contributed by atoms with Gasteiger partial charge in [0.15, 0.2) is 0 Å². The average molecular weight is 441 g/mol. The highest BCUT2D eigenvalue weighted by atomic mass is 16.4. The van der Waals surface area contributed by atoms with Crippen molar-refractivity contribution in [1.29, 1.82) is 0 Å². The Labute approximate surface area is 185 Å². The summed E-state index contributed by atoms with van der Waals surface area (Å²) in [4.78, 5) is 51.5. The highest BCUT2D eigenvalue weighted by Crippen LogP contribution is 2.20. The lowest BCUT2D eigenvalue weighted by Crippen LogP contribution is -2.57. The van der Waals surface area contributed by atoms with Crippen molar-refractivity contribution >= 4 is 23.7 Å². The molecule has 0 unspecified atom stereocenters.